The van der Waals surface area contributed by atoms with Crippen LogP contribution in [0, 0.1) is 5.92 Å². The van der Waals surface area contributed by atoms with Crippen LogP contribution in [0.5, 0.6) is 0 Å². The first-order valence-corrected chi connectivity index (χ1v) is 19.8. The van der Waals surface area contributed by atoms with E-state index >= 15 is 0 Å². The number of rotatable bonds is 8. The van der Waals surface area contributed by atoms with Gasteiger partial charge in [-0.2, -0.15) is 5.10 Å². The van der Waals surface area contributed by atoms with Gasteiger partial charge in [-0.1, -0.05) is 6.07 Å². The number of nitrogens with two attached hydrogens (primary N) is 1. The lowest BCUT2D eigenvalue weighted by atomic mass is 9.94. The number of aliphatic hydroxyl groups excluding tert-OH is 1. The predicted molar refractivity (Wildman–Crippen MR) is 209 cm³/mol. The number of hydrogen-bond donors (Lipinski definition) is 4. The number of β-amino-alcohol motifs (C(OH)–C–C–N with tert-alkyl or cyclic N) is 1. The highest BCUT2D eigenvalue weighted by atomic mass is 16.3. The van der Waals surface area contributed by atoms with Gasteiger partial charge in [0.15, 0.2) is 0 Å². The molecule has 2 atom stereocenters. The summed E-state index contributed by atoms with van der Waals surface area (Å²) in [5, 5.41) is 21.6. The minimum absolute atomic E-state index is 0.0305. The van der Waals surface area contributed by atoms with Crippen LogP contribution in [0.25, 0.3) is 10.9 Å². The summed E-state index contributed by atoms with van der Waals surface area (Å²) in [5.41, 5.74) is 10.8. The van der Waals surface area contributed by atoms with Gasteiger partial charge in [0.05, 0.1) is 29.0 Å². The molecule has 4 aromatic rings. The highest BCUT2D eigenvalue weighted by Gasteiger charge is 2.39. The number of hydrogen-bond acceptors (Lipinski definition) is 12. The van der Waals surface area contributed by atoms with Crippen molar-refractivity contribution in [3.05, 3.63) is 65.6 Å². The van der Waals surface area contributed by atoms with E-state index in [9.17, 15) is 24.3 Å². The highest BCUT2D eigenvalue weighted by Crippen LogP contribution is 2.36. The molecule has 2 aromatic heterocycles. The second kappa shape index (κ2) is 14.8. The van der Waals surface area contributed by atoms with Crippen molar-refractivity contribution in [2.45, 2.75) is 69.7 Å². The van der Waals surface area contributed by atoms with E-state index < -0.39 is 12.1 Å². The number of benzene rings is 2. The van der Waals surface area contributed by atoms with Crippen LogP contribution >= 0.6 is 0 Å². The third-order valence-corrected chi connectivity index (χ3v) is 12.2. The van der Waals surface area contributed by atoms with E-state index in [2.05, 4.69) is 52.2 Å². The summed E-state index contributed by atoms with van der Waals surface area (Å²) in [6, 6.07) is 11.2. The molecule has 9 rings (SSSR count). The van der Waals surface area contributed by atoms with Gasteiger partial charge in [-0.3, -0.25) is 29.2 Å². The van der Waals surface area contributed by atoms with Crippen molar-refractivity contribution in [1.29, 1.82) is 0 Å². The van der Waals surface area contributed by atoms with Crippen LogP contribution < -0.4 is 26.2 Å². The van der Waals surface area contributed by atoms with Gasteiger partial charge in [-0.25, -0.2) is 9.97 Å². The average molecular weight is 762 g/mol. The van der Waals surface area contributed by atoms with Crippen molar-refractivity contribution in [3.63, 3.8) is 0 Å². The first kappa shape index (κ1) is 36.1. The zero-order valence-electron chi connectivity index (χ0n) is 31.3. The molecule has 5 aliphatic heterocycles. The molecule has 0 radical (unpaired) electrons. The van der Waals surface area contributed by atoms with E-state index in [1.54, 1.807) is 4.90 Å². The summed E-state index contributed by atoms with van der Waals surface area (Å²) in [4.78, 5) is 67.3. The Morgan fingerprint density at radius 2 is 1.75 bits per heavy atom. The largest absolute Gasteiger partial charge is 0.391 e. The van der Waals surface area contributed by atoms with Gasteiger partial charge in [0.1, 0.15) is 11.7 Å². The van der Waals surface area contributed by atoms with Crippen molar-refractivity contribution in [2.75, 3.05) is 66.7 Å². The fourth-order valence-electron chi connectivity index (χ4n) is 9.12. The monoisotopic (exact) mass is 761 g/mol. The van der Waals surface area contributed by atoms with Crippen molar-refractivity contribution in [2.24, 2.45) is 5.92 Å². The number of nitrogen functional groups attached to an aromatic ring is 1. The average Bonchev–Trinajstić information content (AvgIpc) is 3.91. The highest BCUT2D eigenvalue weighted by molar-refractivity contribution is 6.07. The number of carbonyl (C=O) groups excluding carboxylic acids is 4. The molecule has 4 fully saturated rings. The maximum Gasteiger partial charge on any atom is 0.274 e. The Morgan fingerprint density at radius 1 is 0.946 bits per heavy atom. The van der Waals surface area contributed by atoms with E-state index in [-0.39, 0.29) is 47.7 Å². The molecule has 292 valence electrons. The number of piperidine rings is 3. The summed E-state index contributed by atoms with van der Waals surface area (Å²) >= 11 is 0. The van der Waals surface area contributed by atoms with Gasteiger partial charge in [-0.05, 0) is 80.3 Å². The third-order valence-electron chi connectivity index (χ3n) is 12.2. The molecule has 0 aliphatic carbocycles. The molecular formula is C40H47N11O5. The zero-order chi connectivity index (χ0) is 38.5. The molecule has 16 nitrogen and oxygen atoms in total. The van der Waals surface area contributed by atoms with Crippen LogP contribution in [-0.2, 0) is 16.1 Å². The van der Waals surface area contributed by atoms with Gasteiger partial charge < -0.3 is 35.8 Å². The Labute approximate surface area is 324 Å². The lowest BCUT2D eigenvalue weighted by Gasteiger charge is -2.38. The summed E-state index contributed by atoms with van der Waals surface area (Å²) in [7, 11) is 0. The van der Waals surface area contributed by atoms with Crippen LogP contribution in [0.3, 0.4) is 0 Å². The number of carbonyl (C=O) groups is 4. The van der Waals surface area contributed by atoms with E-state index in [0.29, 0.717) is 49.6 Å². The topological polar surface area (TPSA) is 195 Å². The third kappa shape index (κ3) is 7.14. The van der Waals surface area contributed by atoms with Crippen molar-refractivity contribution in [3.8, 4) is 0 Å². The number of imide groups is 1. The molecule has 7 heterocycles. The molecule has 0 saturated carbocycles. The fraction of sp³-hybridized carbons (Fsp3) is 0.475. The minimum atomic E-state index is -0.604. The molecular weight excluding hydrogens is 715 g/mol. The molecule has 1 unspecified atom stereocenters. The second-order valence-corrected chi connectivity index (χ2v) is 15.9. The maximum atomic E-state index is 13.4. The normalized spacial score (nSPS) is 22.6. The summed E-state index contributed by atoms with van der Waals surface area (Å²) in [6.07, 6.45) is 8.53. The number of likely N-dealkylation sites (tertiary alicyclic amines) is 1. The molecule has 4 amide bonds. The summed E-state index contributed by atoms with van der Waals surface area (Å²) < 4.78 is 2.09. The van der Waals surface area contributed by atoms with Crippen LogP contribution in [-0.4, -0.2) is 116 Å². The van der Waals surface area contributed by atoms with E-state index in [0.717, 1.165) is 86.2 Å². The number of anilines is 4. The Bertz CT molecular complexity index is 2190. The lowest BCUT2D eigenvalue weighted by Crippen LogP contribution is -2.52. The van der Waals surface area contributed by atoms with Crippen LogP contribution in [0.15, 0.2) is 48.8 Å². The quantitative estimate of drug-likeness (QED) is 0.192. The molecule has 2 aromatic carbocycles. The maximum absolute atomic E-state index is 13.4. The first-order chi connectivity index (χ1) is 27.1. The van der Waals surface area contributed by atoms with E-state index in [4.69, 9.17) is 10.8 Å². The molecule has 5 aliphatic rings. The second-order valence-electron chi connectivity index (χ2n) is 15.9. The Morgan fingerprint density at radius 3 is 2.50 bits per heavy atom. The van der Waals surface area contributed by atoms with E-state index in [1.807, 2.05) is 24.3 Å². The predicted octanol–water partition coefficient (Wildman–Crippen LogP) is 2.55. The zero-order valence-corrected chi connectivity index (χ0v) is 31.3. The van der Waals surface area contributed by atoms with Gasteiger partial charge in [-0.15, -0.1) is 0 Å². The summed E-state index contributed by atoms with van der Waals surface area (Å²) in [6.45, 7) is 6.47. The molecule has 5 N–H and O–H groups in total. The molecule has 0 spiro atoms. The van der Waals surface area contributed by atoms with Gasteiger partial charge in [0.25, 0.3) is 11.8 Å². The first-order valence-electron chi connectivity index (χ1n) is 19.8. The van der Waals surface area contributed by atoms with Crippen LogP contribution in [0.1, 0.15) is 77.4 Å². The van der Waals surface area contributed by atoms with Gasteiger partial charge in [0, 0.05) is 87.8 Å². The van der Waals surface area contributed by atoms with Crippen LogP contribution in [0.4, 0.5) is 23.0 Å². The van der Waals surface area contributed by atoms with E-state index in [1.165, 1.54) is 12.3 Å². The standard InChI is InChI=1S/C40H47N11O5/c41-40-42-11-5-31(44-40)37(54)43-33-17-26-22-51(46-32(26)19-35(33)49-16-10-29(52)23-49)27-8-12-47(13-9-27)20-24-6-14-48(15-7-24)28-2-1-25-21-50(39(56)30(25)18-28)34-3-4-36(53)45-38(34)55/h1-2,5,11,17-19,22,24,27,29,34,52H,3-4,6-10,12-16,20-21,23H2,(H,43,54)(H2,41,42,44)(H,45,53,55)/t29-,34?/m0/s1. The summed E-state index contributed by atoms with van der Waals surface area (Å²) in [5.74, 6) is -0.554. The molecule has 16 heteroatoms. The fourth-order valence-corrected chi connectivity index (χ4v) is 9.12. The number of aromatic nitrogens is 4. The molecule has 0 bridgehead atoms. The SMILES string of the molecule is Nc1nccc(C(=O)Nc2cc3cn(C4CCN(CC5CCN(c6ccc7c(c6)C(=O)N(C6CCC(=O)NC6=O)C7)CC5)CC4)nc3cc2N2CC[C@H](O)C2)n1. The minimum Gasteiger partial charge on any atom is -0.391 e. The molecule has 4 saturated heterocycles. The van der Waals surface area contributed by atoms with Gasteiger partial charge >= 0.3 is 0 Å². The van der Waals surface area contributed by atoms with Gasteiger partial charge in [0.2, 0.25) is 17.8 Å². The van der Waals surface area contributed by atoms with Crippen molar-refractivity contribution in [1.82, 2.24) is 34.9 Å². The Hall–Kier alpha value is -5.61. The number of amides is 4. The number of nitrogens with zero attached hydrogens (tertiary/aromatic N) is 8. The number of nitrogens with one attached hydrogen (secondary N) is 2. The Balaban J connectivity index is 0.798. The Kier molecular flexibility index (Phi) is 9.53. The molecule has 56 heavy (non-hydrogen) atoms. The lowest BCUT2D eigenvalue weighted by molar-refractivity contribution is -0.136. The number of aliphatic hydroxyl groups is 1. The van der Waals surface area contributed by atoms with Crippen molar-refractivity contribution < 1.29 is 24.3 Å². The number of fused-ring (bicyclic) bond motifs is 2. The van der Waals surface area contributed by atoms with Crippen molar-refractivity contribution >= 4 is 57.5 Å². The smallest absolute Gasteiger partial charge is 0.274 e. The van der Waals surface area contributed by atoms with Crippen LogP contribution in [0.2, 0.25) is 0 Å².